The van der Waals surface area contributed by atoms with Crippen LogP contribution < -0.4 is 5.32 Å². The summed E-state index contributed by atoms with van der Waals surface area (Å²) >= 11 is 0. The van der Waals surface area contributed by atoms with Gasteiger partial charge in [0.2, 0.25) is 5.91 Å². The molecule has 0 aromatic carbocycles. The van der Waals surface area contributed by atoms with E-state index in [2.05, 4.69) is 5.32 Å². The van der Waals surface area contributed by atoms with Gasteiger partial charge in [0.15, 0.2) is 0 Å². The molecule has 1 fully saturated rings. The maximum Gasteiger partial charge on any atom is 0.224 e. The SMILES string of the molecule is CC1CCC(=O)NC1=C=O. The van der Waals surface area contributed by atoms with Gasteiger partial charge in [-0.05, 0) is 6.42 Å². The van der Waals surface area contributed by atoms with Gasteiger partial charge >= 0.3 is 0 Å². The van der Waals surface area contributed by atoms with Crippen LogP contribution in [-0.4, -0.2) is 11.8 Å². The molecule has 0 saturated carbocycles. The first-order valence-electron chi connectivity index (χ1n) is 3.29. The Hall–Kier alpha value is -1.08. The number of amides is 1. The highest BCUT2D eigenvalue weighted by molar-refractivity contribution is 5.81. The summed E-state index contributed by atoms with van der Waals surface area (Å²) in [6, 6.07) is 0. The standard InChI is InChI=1S/C7H9NO2/c1-5-2-3-7(10)8-6(5)4-9/h5H,2-3H2,1H3,(H,8,10). The predicted octanol–water partition coefficient (Wildman–Crippen LogP) is 0.248. The summed E-state index contributed by atoms with van der Waals surface area (Å²) < 4.78 is 0. The topological polar surface area (TPSA) is 46.2 Å². The highest BCUT2D eigenvalue weighted by Gasteiger charge is 2.19. The molecule has 1 N–H and O–H groups in total. The van der Waals surface area contributed by atoms with Crippen molar-refractivity contribution >= 4 is 11.8 Å². The number of hydrogen-bond acceptors (Lipinski definition) is 2. The summed E-state index contributed by atoms with van der Waals surface area (Å²) in [5, 5.41) is 2.47. The molecular formula is C7H9NO2. The third-order valence-electron chi connectivity index (χ3n) is 1.68. The number of nitrogens with one attached hydrogen (secondary N) is 1. The van der Waals surface area contributed by atoms with E-state index in [4.69, 9.17) is 0 Å². The molecule has 0 bridgehead atoms. The van der Waals surface area contributed by atoms with Gasteiger partial charge in [0, 0.05) is 12.3 Å². The average Bonchev–Trinajstić information content (AvgIpc) is 1.94. The van der Waals surface area contributed by atoms with Crippen LogP contribution in [0.2, 0.25) is 0 Å². The summed E-state index contributed by atoms with van der Waals surface area (Å²) in [7, 11) is 0. The van der Waals surface area contributed by atoms with E-state index in [9.17, 15) is 9.59 Å². The number of allylic oxidation sites excluding steroid dienone is 1. The molecule has 10 heavy (non-hydrogen) atoms. The fraction of sp³-hybridized carbons (Fsp3) is 0.571. The smallest absolute Gasteiger partial charge is 0.224 e. The van der Waals surface area contributed by atoms with Crippen LogP contribution in [0.25, 0.3) is 0 Å². The van der Waals surface area contributed by atoms with Crippen LogP contribution in [0, 0.1) is 5.92 Å². The number of carbonyl (C=O) groups excluding carboxylic acids is 2. The van der Waals surface area contributed by atoms with E-state index < -0.39 is 0 Å². The molecule has 0 aromatic rings. The van der Waals surface area contributed by atoms with Crippen LogP contribution in [0.5, 0.6) is 0 Å². The Kier molecular flexibility index (Phi) is 1.88. The van der Waals surface area contributed by atoms with Crippen molar-refractivity contribution in [1.29, 1.82) is 0 Å². The molecule has 1 unspecified atom stereocenters. The predicted molar refractivity (Wildman–Crippen MR) is 35.7 cm³/mol. The highest BCUT2D eigenvalue weighted by atomic mass is 16.2. The molecule has 3 nitrogen and oxygen atoms in total. The molecule has 1 saturated heterocycles. The zero-order valence-electron chi connectivity index (χ0n) is 5.81. The van der Waals surface area contributed by atoms with Crippen molar-refractivity contribution in [2.45, 2.75) is 19.8 Å². The van der Waals surface area contributed by atoms with E-state index in [0.29, 0.717) is 12.1 Å². The summed E-state index contributed by atoms with van der Waals surface area (Å²) in [6.07, 6.45) is 1.28. The van der Waals surface area contributed by atoms with Crippen molar-refractivity contribution in [1.82, 2.24) is 5.32 Å². The minimum Gasteiger partial charge on any atom is -0.320 e. The Morgan fingerprint density at radius 1 is 1.70 bits per heavy atom. The van der Waals surface area contributed by atoms with Crippen molar-refractivity contribution < 1.29 is 9.59 Å². The first-order chi connectivity index (χ1) is 4.74. The van der Waals surface area contributed by atoms with Gasteiger partial charge in [-0.1, -0.05) is 6.92 Å². The van der Waals surface area contributed by atoms with E-state index in [0.717, 1.165) is 6.42 Å². The zero-order valence-corrected chi connectivity index (χ0v) is 5.81. The van der Waals surface area contributed by atoms with Crippen molar-refractivity contribution in [3.63, 3.8) is 0 Å². The van der Waals surface area contributed by atoms with E-state index in [1.807, 2.05) is 6.92 Å². The summed E-state index contributed by atoms with van der Waals surface area (Å²) in [4.78, 5) is 20.8. The molecule has 1 rings (SSSR count). The molecule has 0 spiro atoms. The van der Waals surface area contributed by atoms with E-state index in [1.165, 1.54) is 0 Å². The Labute approximate surface area is 59.1 Å². The lowest BCUT2D eigenvalue weighted by Gasteiger charge is -2.18. The lowest BCUT2D eigenvalue weighted by Crippen LogP contribution is -2.31. The Morgan fingerprint density at radius 2 is 2.40 bits per heavy atom. The molecule has 3 heteroatoms. The Balaban J connectivity index is 2.72. The van der Waals surface area contributed by atoms with Crippen molar-refractivity contribution in [3.8, 4) is 0 Å². The fourth-order valence-corrected chi connectivity index (χ4v) is 0.954. The van der Waals surface area contributed by atoms with Crippen molar-refractivity contribution in [2.24, 2.45) is 5.92 Å². The van der Waals surface area contributed by atoms with Crippen LogP contribution in [-0.2, 0) is 9.59 Å². The molecule has 1 aliphatic heterocycles. The van der Waals surface area contributed by atoms with E-state index >= 15 is 0 Å². The Morgan fingerprint density at radius 3 is 2.90 bits per heavy atom. The lowest BCUT2D eigenvalue weighted by atomic mass is 9.98. The molecule has 1 heterocycles. The monoisotopic (exact) mass is 139 g/mol. The van der Waals surface area contributed by atoms with Crippen LogP contribution in [0.1, 0.15) is 19.8 Å². The average molecular weight is 139 g/mol. The van der Waals surface area contributed by atoms with Gasteiger partial charge in [-0.25, -0.2) is 4.79 Å². The maximum absolute atomic E-state index is 10.7. The maximum atomic E-state index is 10.7. The van der Waals surface area contributed by atoms with E-state index in [1.54, 1.807) is 5.94 Å². The first kappa shape index (κ1) is 7.03. The van der Waals surface area contributed by atoms with Gasteiger partial charge in [-0.3, -0.25) is 4.79 Å². The zero-order chi connectivity index (χ0) is 7.56. The molecule has 1 amide bonds. The third-order valence-corrected chi connectivity index (χ3v) is 1.68. The van der Waals surface area contributed by atoms with E-state index in [-0.39, 0.29) is 11.8 Å². The second-order valence-electron chi connectivity index (χ2n) is 2.50. The molecule has 1 atom stereocenters. The Bertz CT molecular complexity index is 204. The molecule has 0 aromatic heterocycles. The largest absolute Gasteiger partial charge is 0.320 e. The minimum absolute atomic E-state index is 0.0727. The number of piperidine rings is 1. The first-order valence-corrected chi connectivity index (χ1v) is 3.29. The third kappa shape index (κ3) is 1.25. The second kappa shape index (κ2) is 2.67. The van der Waals surface area contributed by atoms with Crippen LogP contribution in [0.3, 0.4) is 0 Å². The fourth-order valence-electron chi connectivity index (χ4n) is 0.954. The normalized spacial score (nSPS) is 25.5. The van der Waals surface area contributed by atoms with Gasteiger partial charge in [0.05, 0.1) is 0 Å². The van der Waals surface area contributed by atoms with Crippen molar-refractivity contribution in [3.05, 3.63) is 5.70 Å². The van der Waals surface area contributed by atoms with Gasteiger partial charge in [-0.2, -0.15) is 0 Å². The van der Waals surface area contributed by atoms with Crippen molar-refractivity contribution in [2.75, 3.05) is 0 Å². The number of hydrogen-bond donors (Lipinski definition) is 1. The molecule has 54 valence electrons. The lowest BCUT2D eigenvalue weighted by molar-refractivity contribution is -0.121. The van der Waals surface area contributed by atoms with Gasteiger partial charge in [0.25, 0.3) is 0 Å². The number of carbonyl (C=O) groups is 1. The molecule has 0 radical (unpaired) electrons. The van der Waals surface area contributed by atoms with Gasteiger partial charge in [-0.15, -0.1) is 0 Å². The van der Waals surface area contributed by atoms with Crippen LogP contribution >= 0.6 is 0 Å². The summed E-state index contributed by atoms with van der Waals surface area (Å²) in [6.45, 7) is 1.90. The van der Waals surface area contributed by atoms with Gasteiger partial charge < -0.3 is 5.32 Å². The molecule has 0 aliphatic carbocycles. The van der Waals surface area contributed by atoms with Crippen LogP contribution in [0.4, 0.5) is 0 Å². The molecule has 1 aliphatic rings. The highest BCUT2D eigenvalue weighted by Crippen LogP contribution is 2.16. The quantitative estimate of drug-likeness (QED) is 0.489. The summed E-state index contributed by atoms with van der Waals surface area (Å²) in [5.41, 5.74) is 0.399. The minimum atomic E-state index is -0.0727. The summed E-state index contributed by atoms with van der Waals surface area (Å²) in [5.74, 6) is 1.81. The number of rotatable bonds is 0. The molecular weight excluding hydrogens is 130 g/mol. The second-order valence-corrected chi connectivity index (χ2v) is 2.50. The van der Waals surface area contributed by atoms with Crippen LogP contribution in [0.15, 0.2) is 5.70 Å². The van der Waals surface area contributed by atoms with Gasteiger partial charge in [0.1, 0.15) is 11.6 Å².